The summed E-state index contributed by atoms with van der Waals surface area (Å²) >= 11 is 0. The number of hydrogen-bond acceptors (Lipinski definition) is 3. The van der Waals surface area contributed by atoms with Gasteiger partial charge in [0.05, 0.1) is 4.90 Å². The quantitative estimate of drug-likeness (QED) is 0.910. The monoisotopic (exact) mass is 322 g/mol. The molecule has 1 aromatic carbocycles. The van der Waals surface area contributed by atoms with Crippen molar-refractivity contribution in [1.29, 1.82) is 0 Å². The maximum atomic E-state index is 12.9. The number of benzene rings is 1. The zero-order valence-corrected chi connectivity index (χ0v) is 13.7. The smallest absolute Gasteiger partial charge is 0.243 e. The van der Waals surface area contributed by atoms with Crippen molar-refractivity contribution in [2.24, 2.45) is 0 Å². The number of carbonyl (C=O) groups is 1. The number of aryl methyl sites for hydroxylation is 1. The standard InChI is InChI=1S/C16H22N2O3S/c1-12-5-2-3-10-18(12)22(20,21)14-8-9-15-13(11-14)6-4-7-16(19)17-15/h8-9,11-12H,2-7,10H2,1H3,(H,17,19)/t12-/m0/s1. The first kappa shape index (κ1) is 15.5. The van der Waals surface area contributed by atoms with Gasteiger partial charge in [0.15, 0.2) is 0 Å². The first-order valence-electron chi connectivity index (χ1n) is 7.93. The minimum Gasteiger partial charge on any atom is -0.326 e. The Hall–Kier alpha value is -1.40. The zero-order valence-electron chi connectivity index (χ0n) is 12.8. The van der Waals surface area contributed by atoms with E-state index in [9.17, 15) is 13.2 Å². The second-order valence-electron chi connectivity index (χ2n) is 6.18. The lowest BCUT2D eigenvalue weighted by atomic mass is 10.1. The van der Waals surface area contributed by atoms with Gasteiger partial charge < -0.3 is 5.32 Å². The highest BCUT2D eigenvalue weighted by molar-refractivity contribution is 7.89. The van der Waals surface area contributed by atoms with E-state index in [2.05, 4.69) is 5.32 Å². The van der Waals surface area contributed by atoms with Gasteiger partial charge in [-0.15, -0.1) is 0 Å². The number of anilines is 1. The Kier molecular flexibility index (Phi) is 4.23. The van der Waals surface area contributed by atoms with Gasteiger partial charge in [0, 0.05) is 24.7 Å². The number of rotatable bonds is 2. The summed E-state index contributed by atoms with van der Waals surface area (Å²) in [5, 5.41) is 2.84. The molecule has 3 rings (SSSR count). The molecule has 22 heavy (non-hydrogen) atoms. The highest BCUT2D eigenvalue weighted by Gasteiger charge is 2.31. The molecule has 2 aliphatic rings. The Morgan fingerprint density at radius 1 is 1.18 bits per heavy atom. The predicted octanol–water partition coefficient (Wildman–Crippen LogP) is 2.52. The summed E-state index contributed by atoms with van der Waals surface area (Å²) in [6, 6.07) is 5.12. The molecular formula is C16H22N2O3S. The van der Waals surface area contributed by atoms with Crippen LogP contribution in [0.15, 0.2) is 23.1 Å². The maximum absolute atomic E-state index is 12.9. The Bertz CT molecular complexity index is 685. The van der Waals surface area contributed by atoms with Gasteiger partial charge in [0.2, 0.25) is 15.9 Å². The highest BCUT2D eigenvalue weighted by Crippen LogP contribution is 2.29. The van der Waals surface area contributed by atoms with Crippen LogP contribution in [0, 0.1) is 0 Å². The van der Waals surface area contributed by atoms with Crippen LogP contribution in [-0.2, 0) is 21.2 Å². The fourth-order valence-corrected chi connectivity index (χ4v) is 5.03. The van der Waals surface area contributed by atoms with Gasteiger partial charge in [0.25, 0.3) is 0 Å². The van der Waals surface area contributed by atoms with Gasteiger partial charge in [-0.05, 0) is 56.4 Å². The van der Waals surface area contributed by atoms with Crippen molar-refractivity contribution >= 4 is 21.6 Å². The lowest BCUT2D eigenvalue weighted by molar-refractivity contribution is -0.116. The Labute approximate surface area is 131 Å². The number of amides is 1. The van der Waals surface area contributed by atoms with Crippen LogP contribution < -0.4 is 5.32 Å². The fourth-order valence-electron chi connectivity index (χ4n) is 3.28. The molecule has 1 aromatic rings. The molecule has 0 unspecified atom stereocenters. The third-order valence-corrected chi connectivity index (χ3v) is 6.56. The average Bonchev–Trinajstić information content (AvgIpc) is 2.67. The largest absolute Gasteiger partial charge is 0.326 e. The third kappa shape index (κ3) is 2.90. The Morgan fingerprint density at radius 3 is 2.77 bits per heavy atom. The summed E-state index contributed by atoms with van der Waals surface area (Å²) in [6.45, 7) is 2.57. The van der Waals surface area contributed by atoms with Crippen LogP contribution in [0.2, 0.25) is 0 Å². The fraction of sp³-hybridized carbons (Fsp3) is 0.562. The van der Waals surface area contributed by atoms with Crippen molar-refractivity contribution in [2.45, 2.75) is 56.4 Å². The van der Waals surface area contributed by atoms with E-state index >= 15 is 0 Å². The van der Waals surface area contributed by atoms with E-state index in [1.54, 1.807) is 22.5 Å². The Morgan fingerprint density at radius 2 is 2.00 bits per heavy atom. The summed E-state index contributed by atoms with van der Waals surface area (Å²) in [4.78, 5) is 11.9. The number of sulfonamides is 1. The number of nitrogens with zero attached hydrogens (tertiary/aromatic N) is 1. The third-order valence-electron chi connectivity index (χ3n) is 4.55. The van der Waals surface area contributed by atoms with E-state index in [0.717, 1.165) is 43.4 Å². The van der Waals surface area contributed by atoms with E-state index < -0.39 is 10.0 Å². The molecule has 0 aromatic heterocycles. The van der Waals surface area contributed by atoms with E-state index in [1.807, 2.05) is 6.92 Å². The van der Waals surface area contributed by atoms with Crippen molar-refractivity contribution in [1.82, 2.24) is 4.31 Å². The average molecular weight is 322 g/mol. The number of fused-ring (bicyclic) bond motifs is 1. The number of hydrogen-bond donors (Lipinski definition) is 1. The first-order chi connectivity index (χ1) is 10.5. The molecule has 1 fully saturated rings. The van der Waals surface area contributed by atoms with Crippen LogP contribution in [0.3, 0.4) is 0 Å². The molecule has 6 heteroatoms. The second kappa shape index (κ2) is 6.01. The molecule has 0 radical (unpaired) electrons. The molecule has 0 aliphatic carbocycles. The van der Waals surface area contributed by atoms with Crippen LogP contribution >= 0.6 is 0 Å². The van der Waals surface area contributed by atoms with E-state index in [-0.39, 0.29) is 11.9 Å². The van der Waals surface area contributed by atoms with Gasteiger partial charge in [0.1, 0.15) is 0 Å². The molecule has 120 valence electrons. The molecule has 0 bridgehead atoms. The molecule has 1 N–H and O–H groups in total. The van der Waals surface area contributed by atoms with Crippen molar-refractivity contribution in [3.63, 3.8) is 0 Å². The minimum absolute atomic E-state index is 0.000917. The summed E-state index contributed by atoms with van der Waals surface area (Å²) < 4.78 is 27.4. The van der Waals surface area contributed by atoms with Crippen LogP contribution in [-0.4, -0.2) is 31.2 Å². The normalized spacial score (nSPS) is 23.5. The second-order valence-corrected chi connectivity index (χ2v) is 8.07. The summed E-state index contributed by atoms with van der Waals surface area (Å²) in [7, 11) is -3.45. The van der Waals surface area contributed by atoms with Crippen LogP contribution in [0.4, 0.5) is 5.69 Å². The van der Waals surface area contributed by atoms with Crippen LogP contribution in [0.1, 0.15) is 44.6 Å². The molecule has 1 atom stereocenters. The molecule has 0 spiro atoms. The molecule has 1 saturated heterocycles. The lowest BCUT2D eigenvalue weighted by Crippen LogP contribution is -2.41. The molecule has 2 heterocycles. The summed E-state index contributed by atoms with van der Waals surface area (Å²) in [6.07, 6.45) is 4.89. The maximum Gasteiger partial charge on any atom is 0.243 e. The predicted molar refractivity (Wildman–Crippen MR) is 85.2 cm³/mol. The van der Waals surface area contributed by atoms with Gasteiger partial charge in [-0.2, -0.15) is 4.31 Å². The number of piperidine rings is 1. The SMILES string of the molecule is C[C@H]1CCCCN1S(=O)(=O)c1ccc2c(c1)CCCC(=O)N2. The lowest BCUT2D eigenvalue weighted by Gasteiger charge is -2.32. The topological polar surface area (TPSA) is 66.5 Å². The van der Waals surface area contributed by atoms with Crippen molar-refractivity contribution in [3.05, 3.63) is 23.8 Å². The zero-order chi connectivity index (χ0) is 15.7. The van der Waals surface area contributed by atoms with E-state index in [1.165, 1.54) is 0 Å². The van der Waals surface area contributed by atoms with Crippen LogP contribution in [0.25, 0.3) is 0 Å². The van der Waals surface area contributed by atoms with E-state index in [0.29, 0.717) is 17.9 Å². The molecule has 5 nitrogen and oxygen atoms in total. The summed E-state index contributed by atoms with van der Waals surface area (Å²) in [5.41, 5.74) is 1.66. The van der Waals surface area contributed by atoms with Gasteiger partial charge in [-0.25, -0.2) is 8.42 Å². The number of carbonyl (C=O) groups excluding carboxylic acids is 1. The van der Waals surface area contributed by atoms with Gasteiger partial charge in [-0.3, -0.25) is 4.79 Å². The molecular weight excluding hydrogens is 300 g/mol. The van der Waals surface area contributed by atoms with Crippen molar-refractivity contribution in [3.8, 4) is 0 Å². The van der Waals surface area contributed by atoms with Crippen LogP contribution in [0.5, 0.6) is 0 Å². The first-order valence-corrected chi connectivity index (χ1v) is 9.37. The summed E-state index contributed by atoms with van der Waals surface area (Å²) in [5.74, 6) is -0.000917. The number of nitrogens with one attached hydrogen (secondary N) is 1. The minimum atomic E-state index is -3.45. The van der Waals surface area contributed by atoms with Gasteiger partial charge >= 0.3 is 0 Å². The molecule has 1 amide bonds. The van der Waals surface area contributed by atoms with E-state index in [4.69, 9.17) is 0 Å². The highest BCUT2D eigenvalue weighted by atomic mass is 32.2. The molecule has 0 saturated carbocycles. The van der Waals surface area contributed by atoms with Gasteiger partial charge in [-0.1, -0.05) is 6.42 Å². The van der Waals surface area contributed by atoms with Crippen molar-refractivity contribution < 1.29 is 13.2 Å². The molecule has 2 aliphatic heterocycles. The Balaban J connectivity index is 1.94. The van der Waals surface area contributed by atoms with Crippen molar-refractivity contribution in [2.75, 3.05) is 11.9 Å².